The number of fused-ring (bicyclic) bond motifs is 1. The number of hydrogen-bond donors (Lipinski definition) is 1. The fourth-order valence-corrected chi connectivity index (χ4v) is 2.62. The summed E-state index contributed by atoms with van der Waals surface area (Å²) < 4.78 is 0. The Morgan fingerprint density at radius 3 is 1.70 bits per heavy atom. The summed E-state index contributed by atoms with van der Waals surface area (Å²) in [5.41, 5.74) is 6.85. The molecule has 0 atom stereocenters. The van der Waals surface area contributed by atoms with Crippen LogP contribution in [0.1, 0.15) is 20.7 Å². The second-order valence-corrected chi connectivity index (χ2v) is 5.13. The number of benzene rings is 2. The van der Waals surface area contributed by atoms with E-state index in [0.717, 1.165) is 4.90 Å². The number of nitrogens with zero attached hydrogens (tertiary/aromatic N) is 1. The molecule has 3 rings (SSSR count). The van der Waals surface area contributed by atoms with Crippen molar-refractivity contribution in [3.05, 3.63) is 57.6 Å². The number of nitrogens with two attached hydrogens (primary N) is 1. The number of carbonyl (C=O) groups excluding carboxylic acids is 2. The van der Waals surface area contributed by atoms with Crippen LogP contribution in [0.3, 0.4) is 0 Å². The Bertz CT molecular complexity index is 701. The predicted octanol–water partition coefficient (Wildman–Crippen LogP) is 3.38. The molecule has 4 nitrogen and oxygen atoms in total. The number of rotatable bonds is 1. The van der Waals surface area contributed by atoms with Crippen LogP contribution in [-0.2, 0) is 0 Å². The summed E-state index contributed by atoms with van der Waals surface area (Å²) in [6, 6.07) is 9.42. The van der Waals surface area contributed by atoms with Gasteiger partial charge in [-0.2, -0.15) is 0 Å². The Hall–Kier alpha value is -2.04. The van der Waals surface area contributed by atoms with Crippen molar-refractivity contribution in [1.82, 2.24) is 0 Å². The van der Waals surface area contributed by atoms with E-state index >= 15 is 0 Å². The van der Waals surface area contributed by atoms with Crippen LogP contribution in [-0.4, -0.2) is 11.8 Å². The van der Waals surface area contributed by atoms with Crippen molar-refractivity contribution < 1.29 is 9.59 Å². The second kappa shape index (κ2) is 4.51. The molecule has 2 aromatic rings. The number of anilines is 2. The molecule has 1 aliphatic rings. The summed E-state index contributed by atoms with van der Waals surface area (Å²) in [6.45, 7) is 0. The van der Waals surface area contributed by atoms with Crippen molar-refractivity contribution in [2.75, 3.05) is 10.6 Å². The Morgan fingerprint density at radius 2 is 1.25 bits per heavy atom. The van der Waals surface area contributed by atoms with E-state index in [-0.39, 0.29) is 21.2 Å². The van der Waals surface area contributed by atoms with Crippen LogP contribution >= 0.6 is 23.2 Å². The van der Waals surface area contributed by atoms with Crippen molar-refractivity contribution >= 4 is 46.4 Å². The zero-order valence-corrected chi connectivity index (χ0v) is 11.6. The molecule has 1 aliphatic heterocycles. The van der Waals surface area contributed by atoms with Gasteiger partial charge in [-0.1, -0.05) is 23.2 Å². The Kier molecular flexibility index (Phi) is 2.92. The van der Waals surface area contributed by atoms with Gasteiger partial charge in [0, 0.05) is 5.69 Å². The van der Waals surface area contributed by atoms with E-state index in [1.807, 2.05) is 0 Å². The molecule has 0 aromatic heterocycles. The minimum Gasteiger partial charge on any atom is -0.399 e. The van der Waals surface area contributed by atoms with Gasteiger partial charge in [-0.3, -0.25) is 9.59 Å². The summed E-state index contributed by atoms with van der Waals surface area (Å²) in [4.78, 5) is 25.8. The van der Waals surface area contributed by atoms with Gasteiger partial charge in [-0.15, -0.1) is 0 Å². The Labute approximate surface area is 124 Å². The van der Waals surface area contributed by atoms with Crippen LogP contribution < -0.4 is 10.6 Å². The predicted molar refractivity (Wildman–Crippen MR) is 78.5 cm³/mol. The maximum atomic E-state index is 12.4. The number of imide groups is 1. The van der Waals surface area contributed by atoms with E-state index in [2.05, 4.69) is 0 Å². The Morgan fingerprint density at radius 1 is 0.800 bits per heavy atom. The smallest absolute Gasteiger partial charge is 0.267 e. The van der Waals surface area contributed by atoms with Gasteiger partial charge in [0.2, 0.25) is 0 Å². The van der Waals surface area contributed by atoms with Gasteiger partial charge in [-0.05, 0) is 36.4 Å². The van der Waals surface area contributed by atoms with Gasteiger partial charge < -0.3 is 5.73 Å². The molecule has 20 heavy (non-hydrogen) atoms. The average Bonchev–Trinajstić information content (AvgIpc) is 2.69. The van der Waals surface area contributed by atoms with Gasteiger partial charge in [-0.25, -0.2) is 4.90 Å². The third-order valence-electron chi connectivity index (χ3n) is 3.09. The van der Waals surface area contributed by atoms with Crippen molar-refractivity contribution in [3.8, 4) is 0 Å². The first-order chi connectivity index (χ1) is 9.50. The third kappa shape index (κ3) is 1.77. The lowest BCUT2D eigenvalue weighted by Crippen LogP contribution is -2.29. The maximum Gasteiger partial charge on any atom is 0.267 e. The molecule has 2 aromatic carbocycles. The van der Waals surface area contributed by atoms with Crippen molar-refractivity contribution in [3.63, 3.8) is 0 Å². The quantitative estimate of drug-likeness (QED) is 0.649. The summed E-state index contributed by atoms with van der Waals surface area (Å²) in [7, 11) is 0. The standard InChI is InChI=1S/C14H8Cl2N2O2/c15-9-5-6-10(16)12-11(9)13(19)18(14(12)20)8-3-1-7(17)2-4-8/h1-6H,17H2. The number of amides is 2. The van der Waals surface area contributed by atoms with Crippen LogP contribution in [0.2, 0.25) is 10.0 Å². The van der Waals surface area contributed by atoms with Gasteiger partial charge in [0.25, 0.3) is 11.8 Å². The molecule has 0 bridgehead atoms. The van der Waals surface area contributed by atoms with Crippen molar-refractivity contribution in [1.29, 1.82) is 0 Å². The number of hydrogen-bond acceptors (Lipinski definition) is 3. The van der Waals surface area contributed by atoms with E-state index in [1.165, 1.54) is 12.1 Å². The molecule has 0 radical (unpaired) electrons. The van der Waals surface area contributed by atoms with Crippen molar-refractivity contribution in [2.45, 2.75) is 0 Å². The topological polar surface area (TPSA) is 63.4 Å². The number of nitrogen functional groups attached to an aromatic ring is 1. The molecule has 0 fully saturated rings. The maximum absolute atomic E-state index is 12.4. The molecule has 1 heterocycles. The highest BCUT2D eigenvalue weighted by Crippen LogP contribution is 2.36. The molecule has 0 saturated carbocycles. The fourth-order valence-electron chi connectivity index (χ4n) is 2.14. The molecule has 0 unspecified atom stereocenters. The lowest BCUT2D eigenvalue weighted by atomic mass is 10.1. The first-order valence-electron chi connectivity index (χ1n) is 5.73. The van der Waals surface area contributed by atoms with Gasteiger partial charge in [0.15, 0.2) is 0 Å². The Balaban J connectivity index is 2.17. The first kappa shape index (κ1) is 13.0. The molecule has 100 valence electrons. The summed E-state index contributed by atoms with van der Waals surface area (Å²) in [5.74, 6) is -0.968. The molecule has 2 N–H and O–H groups in total. The fraction of sp³-hybridized carbons (Fsp3) is 0. The first-order valence-corrected chi connectivity index (χ1v) is 6.48. The van der Waals surface area contributed by atoms with Crippen molar-refractivity contribution in [2.24, 2.45) is 0 Å². The minimum atomic E-state index is -0.484. The zero-order valence-electron chi connectivity index (χ0n) is 10.1. The van der Waals surface area contributed by atoms with Crippen LogP contribution in [0.15, 0.2) is 36.4 Å². The van der Waals surface area contributed by atoms with Gasteiger partial charge >= 0.3 is 0 Å². The van der Waals surface area contributed by atoms with Gasteiger partial charge in [0.1, 0.15) is 0 Å². The zero-order chi connectivity index (χ0) is 14.4. The number of halogens is 2. The molecule has 6 heteroatoms. The number of carbonyl (C=O) groups is 2. The minimum absolute atomic E-state index is 0.140. The lowest BCUT2D eigenvalue weighted by Gasteiger charge is -2.13. The highest BCUT2D eigenvalue weighted by molar-refractivity contribution is 6.46. The van der Waals surface area contributed by atoms with E-state index in [4.69, 9.17) is 28.9 Å². The van der Waals surface area contributed by atoms with E-state index in [0.29, 0.717) is 11.4 Å². The van der Waals surface area contributed by atoms with E-state index in [9.17, 15) is 9.59 Å². The lowest BCUT2D eigenvalue weighted by molar-refractivity contribution is 0.0926. The highest BCUT2D eigenvalue weighted by Gasteiger charge is 2.40. The van der Waals surface area contributed by atoms with Crippen LogP contribution in [0.4, 0.5) is 11.4 Å². The average molecular weight is 307 g/mol. The SMILES string of the molecule is Nc1ccc(N2C(=O)c3c(Cl)ccc(Cl)c3C2=O)cc1. The van der Waals surface area contributed by atoms with Crippen LogP contribution in [0.25, 0.3) is 0 Å². The molecule has 0 spiro atoms. The highest BCUT2D eigenvalue weighted by atomic mass is 35.5. The molecule has 0 saturated heterocycles. The summed E-state index contributed by atoms with van der Waals surface area (Å²) >= 11 is 12.0. The molecular weight excluding hydrogens is 299 g/mol. The summed E-state index contributed by atoms with van der Waals surface area (Å²) in [6.07, 6.45) is 0. The summed E-state index contributed by atoms with van der Waals surface area (Å²) in [5, 5.41) is 0.418. The van der Waals surface area contributed by atoms with Crippen LogP contribution in [0, 0.1) is 0 Å². The largest absolute Gasteiger partial charge is 0.399 e. The normalized spacial score (nSPS) is 13.8. The van der Waals surface area contributed by atoms with Crippen LogP contribution in [0.5, 0.6) is 0 Å². The molecular formula is C14H8Cl2N2O2. The van der Waals surface area contributed by atoms with E-state index in [1.54, 1.807) is 24.3 Å². The third-order valence-corrected chi connectivity index (χ3v) is 3.72. The second-order valence-electron chi connectivity index (χ2n) is 4.32. The molecule has 0 aliphatic carbocycles. The van der Waals surface area contributed by atoms with E-state index < -0.39 is 11.8 Å². The van der Waals surface area contributed by atoms with Gasteiger partial charge in [0.05, 0.1) is 26.9 Å². The molecule has 2 amide bonds. The monoisotopic (exact) mass is 306 g/mol.